The van der Waals surface area contributed by atoms with Crippen molar-refractivity contribution < 1.29 is 27.8 Å². The van der Waals surface area contributed by atoms with Gasteiger partial charge in [0.05, 0.1) is 7.11 Å². The molecule has 1 fully saturated rings. The van der Waals surface area contributed by atoms with Gasteiger partial charge >= 0.3 is 6.18 Å². The van der Waals surface area contributed by atoms with Crippen molar-refractivity contribution in [1.82, 2.24) is 0 Å². The number of hydrogen-bond donors (Lipinski definition) is 1. The van der Waals surface area contributed by atoms with E-state index < -0.39 is 18.2 Å². The number of hydrogen-bond acceptors (Lipinski definition) is 4. The zero-order chi connectivity index (χ0) is 21.5. The van der Waals surface area contributed by atoms with Crippen molar-refractivity contribution in [3.05, 3.63) is 58.6 Å². The third-order valence-corrected chi connectivity index (χ3v) is 5.37. The van der Waals surface area contributed by atoms with Crippen LogP contribution in [0.5, 0.6) is 5.75 Å². The molecular weight excluding hydrogens is 419 g/mol. The number of methoxy groups -OCH3 is 1. The fourth-order valence-electron chi connectivity index (χ4n) is 3.35. The van der Waals surface area contributed by atoms with Crippen LogP contribution in [0.4, 0.5) is 18.9 Å². The van der Waals surface area contributed by atoms with Crippen molar-refractivity contribution in [2.75, 3.05) is 12.0 Å². The van der Waals surface area contributed by atoms with Crippen LogP contribution in [-0.4, -0.2) is 24.8 Å². The number of anilines is 1. The molecule has 0 saturated heterocycles. The lowest BCUT2D eigenvalue weighted by atomic mass is 9.89. The van der Waals surface area contributed by atoms with E-state index >= 15 is 0 Å². The minimum Gasteiger partial charge on any atom is -0.497 e. The number of fused-ring (bicyclic) bond motifs is 1. The van der Waals surface area contributed by atoms with Gasteiger partial charge in [0, 0.05) is 28.7 Å². The van der Waals surface area contributed by atoms with Crippen LogP contribution in [0.2, 0.25) is 5.02 Å². The summed E-state index contributed by atoms with van der Waals surface area (Å²) in [6.07, 6.45) is -5.21. The van der Waals surface area contributed by atoms with Gasteiger partial charge in [-0.2, -0.15) is 13.2 Å². The largest absolute Gasteiger partial charge is 0.497 e. The molecular formula is C22H19ClF3NO3. The molecule has 1 unspecified atom stereocenters. The van der Waals surface area contributed by atoms with E-state index in [1.165, 1.54) is 30.2 Å². The first kappa shape index (κ1) is 20.9. The Morgan fingerprint density at radius 3 is 2.53 bits per heavy atom. The van der Waals surface area contributed by atoms with Crippen LogP contribution >= 0.6 is 11.6 Å². The van der Waals surface area contributed by atoms with Crippen LogP contribution in [-0.2, 0) is 16.9 Å². The number of aliphatic hydroxyl groups excluding tert-OH is 1. The fourth-order valence-corrected chi connectivity index (χ4v) is 3.53. The Balaban J connectivity index is 1.79. The van der Waals surface area contributed by atoms with Crippen molar-refractivity contribution in [3.8, 4) is 17.6 Å². The molecule has 0 radical (unpaired) electrons. The summed E-state index contributed by atoms with van der Waals surface area (Å²) in [6, 6.07) is 11.1. The molecule has 158 valence electrons. The highest BCUT2D eigenvalue weighted by Gasteiger charge is 2.62. The minimum absolute atomic E-state index is 0.0788. The molecule has 1 aliphatic carbocycles. The summed E-state index contributed by atoms with van der Waals surface area (Å²) < 4.78 is 53.2. The summed E-state index contributed by atoms with van der Waals surface area (Å²) in [5.74, 6) is 5.51. The summed E-state index contributed by atoms with van der Waals surface area (Å²) >= 11 is 6.04. The highest BCUT2D eigenvalue weighted by Crippen LogP contribution is 2.50. The van der Waals surface area contributed by atoms with E-state index in [4.69, 9.17) is 21.1 Å². The number of nitrogens with zero attached hydrogens (tertiary/aromatic N) is 1. The third-order valence-electron chi connectivity index (χ3n) is 5.14. The topological polar surface area (TPSA) is 41.9 Å². The Bertz CT molecular complexity index is 995. The normalized spacial score (nSPS) is 23.4. The second kappa shape index (κ2) is 7.69. The molecule has 0 spiro atoms. The lowest BCUT2D eigenvalue weighted by Crippen LogP contribution is -2.55. The van der Waals surface area contributed by atoms with Crippen LogP contribution in [0, 0.1) is 17.8 Å². The average Bonchev–Trinajstić information content (AvgIpc) is 3.53. The Morgan fingerprint density at radius 1 is 1.23 bits per heavy atom. The average molecular weight is 438 g/mol. The van der Waals surface area contributed by atoms with E-state index in [9.17, 15) is 18.3 Å². The summed E-state index contributed by atoms with van der Waals surface area (Å²) in [5.41, 5.74) is -2.26. The smallest absolute Gasteiger partial charge is 0.433 e. The van der Waals surface area contributed by atoms with E-state index in [0.717, 1.165) is 18.4 Å². The van der Waals surface area contributed by atoms with Crippen molar-refractivity contribution in [3.63, 3.8) is 0 Å². The molecule has 0 amide bonds. The quantitative estimate of drug-likeness (QED) is 0.698. The molecule has 2 aromatic rings. The number of aliphatic hydroxyl groups is 1. The number of halogens is 4. The van der Waals surface area contributed by atoms with Gasteiger partial charge in [0.15, 0.2) is 0 Å². The fraction of sp³-hybridized carbons (Fsp3) is 0.364. The first-order valence-electron chi connectivity index (χ1n) is 9.38. The zero-order valence-corrected chi connectivity index (χ0v) is 16.8. The lowest BCUT2D eigenvalue weighted by molar-refractivity contribution is -0.305. The van der Waals surface area contributed by atoms with Gasteiger partial charge in [-0.25, -0.2) is 0 Å². The van der Waals surface area contributed by atoms with Crippen LogP contribution in [0.1, 0.15) is 24.0 Å². The van der Waals surface area contributed by atoms with E-state index in [1.807, 2.05) is 0 Å². The summed E-state index contributed by atoms with van der Waals surface area (Å²) in [7, 11) is 1.54. The minimum atomic E-state index is -4.87. The SMILES string of the molecule is COc1ccc(CN2c3ccc(Cl)cc3[C@@](C#CC3CC3)(C(F)(F)F)OC2O)cc1. The van der Waals surface area contributed by atoms with E-state index in [1.54, 1.807) is 24.3 Å². The second-order valence-corrected chi connectivity index (χ2v) is 7.74. The maximum atomic E-state index is 14.3. The molecule has 0 aromatic heterocycles. The zero-order valence-electron chi connectivity index (χ0n) is 16.0. The summed E-state index contributed by atoms with van der Waals surface area (Å²) in [6.45, 7) is 0.115. The van der Waals surface area contributed by atoms with Gasteiger partial charge in [0.1, 0.15) is 5.75 Å². The predicted octanol–water partition coefficient (Wildman–Crippen LogP) is 4.83. The maximum Gasteiger partial charge on any atom is 0.433 e. The van der Waals surface area contributed by atoms with Crippen LogP contribution in [0.3, 0.4) is 0 Å². The lowest BCUT2D eigenvalue weighted by Gasteiger charge is -2.44. The molecule has 4 rings (SSSR count). The molecule has 1 heterocycles. The van der Waals surface area contributed by atoms with Crippen molar-refractivity contribution >= 4 is 17.3 Å². The Labute approximate surface area is 177 Å². The Morgan fingerprint density at radius 2 is 1.93 bits per heavy atom. The summed E-state index contributed by atoms with van der Waals surface area (Å²) in [4.78, 5) is 1.34. The molecule has 2 aromatic carbocycles. The number of rotatable bonds is 3. The van der Waals surface area contributed by atoms with Crippen molar-refractivity contribution in [2.24, 2.45) is 5.92 Å². The van der Waals surface area contributed by atoms with Gasteiger partial charge in [0.2, 0.25) is 6.41 Å². The second-order valence-electron chi connectivity index (χ2n) is 7.30. The molecule has 2 aliphatic rings. The molecule has 8 heteroatoms. The van der Waals surface area contributed by atoms with Crippen molar-refractivity contribution in [1.29, 1.82) is 0 Å². The number of ether oxygens (including phenoxy) is 2. The molecule has 1 N–H and O–H groups in total. The van der Waals surface area contributed by atoms with Gasteiger partial charge in [-0.1, -0.05) is 35.6 Å². The first-order valence-corrected chi connectivity index (χ1v) is 9.76. The van der Waals surface area contributed by atoms with Gasteiger partial charge in [0.25, 0.3) is 5.60 Å². The van der Waals surface area contributed by atoms with Gasteiger partial charge in [-0.3, -0.25) is 0 Å². The van der Waals surface area contributed by atoms with Crippen LogP contribution in [0.15, 0.2) is 42.5 Å². The molecule has 2 atom stereocenters. The highest BCUT2D eigenvalue weighted by atomic mass is 35.5. The number of benzene rings is 2. The van der Waals surface area contributed by atoms with E-state index in [-0.39, 0.29) is 28.7 Å². The monoisotopic (exact) mass is 437 g/mol. The number of alkyl halides is 3. The molecule has 30 heavy (non-hydrogen) atoms. The van der Waals surface area contributed by atoms with Gasteiger partial charge in [-0.05, 0) is 48.7 Å². The molecule has 4 nitrogen and oxygen atoms in total. The molecule has 1 saturated carbocycles. The van der Waals surface area contributed by atoms with E-state index in [2.05, 4.69) is 11.8 Å². The van der Waals surface area contributed by atoms with E-state index in [0.29, 0.717) is 5.75 Å². The van der Waals surface area contributed by atoms with Crippen LogP contribution in [0.25, 0.3) is 0 Å². The van der Waals surface area contributed by atoms with Gasteiger partial charge < -0.3 is 19.5 Å². The highest BCUT2D eigenvalue weighted by molar-refractivity contribution is 6.30. The molecule has 1 aliphatic heterocycles. The third kappa shape index (κ3) is 3.83. The molecule has 0 bridgehead atoms. The maximum absolute atomic E-state index is 14.3. The Hall–Kier alpha value is -2.40. The summed E-state index contributed by atoms with van der Waals surface area (Å²) in [5, 5.41) is 10.7. The standard InChI is InChI=1S/C22H19ClF3NO3/c1-29-17-7-4-15(5-8-17)13-27-19-9-6-16(23)12-18(19)21(22(24,25)26,30-20(27)28)11-10-14-2-3-14/h4-9,12,14,20,28H,2-3,13H2,1H3/t20?,21-/m0/s1. The van der Waals surface area contributed by atoms with Gasteiger partial charge in [-0.15, -0.1) is 0 Å². The van der Waals surface area contributed by atoms with Crippen LogP contribution < -0.4 is 9.64 Å². The first-order chi connectivity index (χ1) is 14.2. The predicted molar refractivity (Wildman–Crippen MR) is 106 cm³/mol. The Kier molecular flexibility index (Phi) is 5.35. The van der Waals surface area contributed by atoms with Crippen molar-refractivity contribution in [2.45, 2.75) is 37.6 Å².